The van der Waals surface area contributed by atoms with E-state index in [1.807, 2.05) is 91.0 Å². The van der Waals surface area contributed by atoms with Gasteiger partial charge in [0.2, 0.25) is 0 Å². The molecule has 0 bridgehead atoms. The van der Waals surface area contributed by atoms with Crippen LogP contribution in [-0.4, -0.2) is 0 Å². The minimum Gasteiger partial charge on any atom is -0.273 e. The van der Waals surface area contributed by atoms with E-state index in [4.69, 9.17) is 13.6 Å². The first-order valence-corrected chi connectivity index (χ1v) is 8.18. The lowest BCUT2D eigenvalue weighted by Crippen LogP contribution is -2.02. The van der Waals surface area contributed by atoms with Crippen LogP contribution < -0.4 is 13.6 Å². The Labute approximate surface area is 131 Å². The van der Waals surface area contributed by atoms with Gasteiger partial charge >= 0.3 is 8.60 Å². The molecule has 0 aromatic heterocycles. The highest BCUT2D eigenvalue weighted by atomic mass is 31.2. The zero-order chi connectivity index (χ0) is 15.0. The fraction of sp³-hybridized carbons (Fsp3) is 0. The van der Waals surface area contributed by atoms with Crippen molar-refractivity contribution in [3.63, 3.8) is 0 Å². The maximum Gasteiger partial charge on any atom is 0.528 e. The van der Waals surface area contributed by atoms with Crippen LogP contribution in [0.15, 0.2) is 91.0 Å². The van der Waals surface area contributed by atoms with Crippen molar-refractivity contribution in [2.24, 2.45) is 0 Å². The van der Waals surface area contributed by atoms with Gasteiger partial charge in [0, 0.05) is 0 Å². The summed E-state index contributed by atoms with van der Waals surface area (Å²) < 4.78 is 17.6. The summed E-state index contributed by atoms with van der Waals surface area (Å²) in [5, 5.41) is 0. The Morgan fingerprint density at radius 2 is 0.682 bits per heavy atom. The van der Waals surface area contributed by atoms with Crippen molar-refractivity contribution in [1.29, 1.82) is 0 Å². The highest BCUT2D eigenvalue weighted by Crippen LogP contribution is 2.41. The Morgan fingerprint density at radius 1 is 0.409 bits per heavy atom. The molecular weight excluding hydrogens is 295 g/mol. The molecular formula is C18H16O3P+. The Kier molecular flexibility index (Phi) is 4.91. The molecule has 3 nitrogen and oxygen atoms in total. The molecule has 0 aliphatic carbocycles. The summed E-state index contributed by atoms with van der Waals surface area (Å²) in [4.78, 5) is 0. The molecule has 0 amide bonds. The van der Waals surface area contributed by atoms with E-state index in [0.29, 0.717) is 0 Å². The van der Waals surface area contributed by atoms with E-state index in [1.54, 1.807) is 0 Å². The third-order valence-electron chi connectivity index (χ3n) is 2.83. The summed E-state index contributed by atoms with van der Waals surface area (Å²) in [7, 11) is -2.00. The van der Waals surface area contributed by atoms with Gasteiger partial charge in [-0.15, -0.1) is 0 Å². The Morgan fingerprint density at radius 3 is 0.955 bits per heavy atom. The molecule has 0 aliphatic heterocycles. The normalized spacial score (nSPS) is 10.2. The van der Waals surface area contributed by atoms with Gasteiger partial charge in [0.15, 0.2) is 17.2 Å². The lowest BCUT2D eigenvalue weighted by atomic mass is 10.3. The molecule has 0 atom stereocenters. The Hall–Kier alpha value is -2.51. The molecule has 22 heavy (non-hydrogen) atoms. The van der Waals surface area contributed by atoms with Gasteiger partial charge in [0.1, 0.15) is 0 Å². The predicted molar refractivity (Wildman–Crippen MR) is 89.5 cm³/mol. The van der Waals surface area contributed by atoms with E-state index in [9.17, 15) is 0 Å². The van der Waals surface area contributed by atoms with Crippen molar-refractivity contribution >= 4 is 8.60 Å². The predicted octanol–water partition coefficient (Wildman–Crippen LogP) is 5.18. The maximum absolute atomic E-state index is 5.88. The molecule has 0 heterocycles. The van der Waals surface area contributed by atoms with Gasteiger partial charge < -0.3 is 0 Å². The highest BCUT2D eigenvalue weighted by molar-refractivity contribution is 7.43. The first-order valence-electron chi connectivity index (χ1n) is 6.96. The Bertz CT molecular complexity index is 576. The van der Waals surface area contributed by atoms with E-state index >= 15 is 0 Å². The monoisotopic (exact) mass is 311 g/mol. The van der Waals surface area contributed by atoms with Crippen LogP contribution in [-0.2, 0) is 0 Å². The molecule has 0 N–H and O–H groups in total. The van der Waals surface area contributed by atoms with E-state index in [0.717, 1.165) is 17.2 Å². The second-order valence-corrected chi connectivity index (χ2v) is 5.61. The van der Waals surface area contributed by atoms with Crippen molar-refractivity contribution in [1.82, 2.24) is 0 Å². The molecule has 0 saturated carbocycles. The lowest BCUT2D eigenvalue weighted by molar-refractivity contribution is 0.388. The number of hydrogen-bond donors (Lipinski definition) is 0. The summed E-state index contributed by atoms with van der Waals surface area (Å²) in [6, 6.07) is 28.6. The maximum atomic E-state index is 5.88. The van der Waals surface area contributed by atoms with Gasteiger partial charge in [-0.05, 0) is 36.4 Å². The van der Waals surface area contributed by atoms with Crippen LogP contribution in [0.5, 0.6) is 17.2 Å². The van der Waals surface area contributed by atoms with Gasteiger partial charge in [-0.1, -0.05) is 54.6 Å². The van der Waals surface area contributed by atoms with Crippen LogP contribution in [0.4, 0.5) is 0 Å². The molecule has 110 valence electrons. The Balaban J connectivity index is 1.75. The van der Waals surface area contributed by atoms with Crippen molar-refractivity contribution in [3.8, 4) is 17.2 Å². The lowest BCUT2D eigenvalue weighted by Gasteiger charge is -2.10. The van der Waals surface area contributed by atoms with Gasteiger partial charge in [0.25, 0.3) is 0 Å². The molecule has 0 unspecified atom stereocenters. The van der Waals surface area contributed by atoms with Gasteiger partial charge in [-0.2, -0.15) is 0 Å². The SMILES string of the molecule is c1ccc(O[PH+](Oc2ccccc2)Oc2ccccc2)cc1. The number of para-hydroxylation sites is 3. The average molecular weight is 311 g/mol. The third kappa shape index (κ3) is 4.24. The van der Waals surface area contributed by atoms with Crippen LogP contribution >= 0.6 is 8.60 Å². The van der Waals surface area contributed by atoms with E-state index in [2.05, 4.69) is 0 Å². The highest BCUT2D eigenvalue weighted by Gasteiger charge is 2.24. The first-order chi connectivity index (χ1) is 10.9. The molecule has 3 aromatic carbocycles. The largest absolute Gasteiger partial charge is 0.528 e. The number of rotatable bonds is 6. The summed E-state index contributed by atoms with van der Waals surface area (Å²) in [5.74, 6) is 2.18. The standard InChI is InChI=1S/C18H16O3P/c1-4-10-16(11-5-1)19-22(20-17-12-6-2-7-13-17)21-18-14-8-3-9-15-18/h1-15,22H/q+1. The molecule has 0 radical (unpaired) electrons. The van der Waals surface area contributed by atoms with E-state index in [1.165, 1.54) is 0 Å². The third-order valence-corrected chi connectivity index (χ3v) is 4.04. The van der Waals surface area contributed by atoms with Crippen LogP contribution in [0.3, 0.4) is 0 Å². The van der Waals surface area contributed by atoms with Crippen molar-refractivity contribution in [2.75, 3.05) is 0 Å². The summed E-state index contributed by atoms with van der Waals surface area (Å²) in [6.07, 6.45) is 0. The smallest absolute Gasteiger partial charge is 0.273 e. The van der Waals surface area contributed by atoms with Crippen molar-refractivity contribution in [2.45, 2.75) is 0 Å². The zero-order valence-corrected chi connectivity index (χ0v) is 12.9. The summed E-state index contributed by atoms with van der Waals surface area (Å²) in [5.41, 5.74) is 0. The van der Waals surface area contributed by atoms with Crippen LogP contribution in [0.25, 0.3) is 0 Å². The quantitative estimate of drug-likeness (QED) is 0.587. The molecule has 0 spiro atoms. The molecule has 3 rings (SSSR count). The first kappa shape index (κ1) is 14.4. The molecule has 3 aromatic rings. The van der Waals surface area contributed by atoms with Crippen molar-refractivity contribution in [3.05, 3.63) is 91.0 Å². The van der Waals surface area contributed by atoms with Gasteiger partial charge in [-0.3, -0.25) is 13.6 Å². The average Bonchev–Trinajstić information content (AvgIpc) is 2.57. The molecule has 0 fully saturated rings. The second kappa shape index (κ2) is 7.48. The summed E-state index contributed by atoms with van der Waals surface area (Å²) >= 11 is 0. The fourth-order valence-corrected chi connectivity index (χ4v) is 2.93. The topological polar surface area (TPSA) is 27.7 Å². The number of benzene rings is 3. The fourth-order valence-electron chi connectivity index (χ4n) is 1.82. The molecule has 0 aliphatic rings. The van der Waals surface area contributed by atoms with Crippen LogP contribution in [0.2, 0.25) is 0 Å². The van der Waals surface area contributed by atoms with E-state index in [-0.39, 0.29) is 0 Å². The minimum atomic E-state index is -2.00. The molecule has 4 heteroatoms. The van der Waals surface area contributed by atoms with Crippen molar-refractivity contribution < 1.29 is 13.6 Å². The summed E-state index contributed by atoms with van der Waals surface area (Å²) in [6.45, 7) is 0. The van der Waals surface area contributed by atoms with Gasteiger partial charge in [-0.25, -0.2) is 0 Å². The van der Waals surface area contributed by atoms with Crippen LogP contribution in [0.1, 0.15) is 0 Å². The minimum absolute atomic E-state index is 0.725. The zero-order valence-electron chi connectivity index (χ0n) is 11.9. The molecule has 0 saturated heterocycles. The van der Waals surface area contributed by atoms with Gasteiger partial charge in [0.05, 0.1) is 0 Å². The second-order valence-electron chi connectivity index (χ2n) is 4.50. The van der Waals surface area contributed by atoms with E-state index < -0.39 is 8.60 Å². The van der Waals surface area contributed by atoms with Crippen LogP contribution in [0, 0.1) is 0 Å². The number of hydrogen-bond acceptors (Lipinski definition) is 3.